The van der Waals surface area contributed by atoms with Crippen LogP contribution in [-0.2, 0) is 9.53 Å². The summed E-state index contributed by atoms with van der Waals surface area (Å²) in [6.45, 7) is 16.1. The van der Waals surface area contributed by atoms with E-state index in [1.165, 1.54) is 7.11 Å². The Bertz CT molecular complexity index is 558. The second-order valence-electron chi connectivity index (χ2n) is 7.89. The molecule has 1 N–H and O–H groups in total. The molecule has 0 unspecified atom stereocenters. The number of rotatable bonds is 5. The first-order valence-corrected chi connectivity index (χ1v) is 9.36. The van der Waals surface area contributed by atoms with E-state index in [-0.39, 0.29) is 15.5 Å². The number of hydrogen-bond donors (Lipinski definition) is 1. The van der Waals surface area contributed by atoms with Crippen molar-refractivity contribution in [3.05, 3.63) is 0 Å². The van der Waals surface area contributed by atoms with E-state index in [0.29, 0.717) is 16.3 Å². The Labute approximate surface area is 153 Å². The van der Waals surface area contributed by atoms with Crippen LogP contribution in [0.25, 0.3) is 0 Å². The maximum Gasteiger partial charge on any atom is 0.330 e. The van der Waals surface area contributed by atoms with Gasteiger partial charge >= 0.3 is 5.97 Å². The molecule has 1 rings (SSSR count). The van der Waals surface area contributed by atoms with E-state index in [1.807, 2.05) is 0 Å². The van der Waals surface area contributed by atoms with Gasteiger partial charge in [0, 0.05) is 9.49 Å². The second kappa shape index (κ2) is 7.47. The van der Waals surface area contributed by atoms with E-state index in [9.17, 15) is 4.79 Å². The molecule has 0 saturated carbocycles. The molecule has 6 nitrogen and oxygen atoms in total. The summed E-state index contributed by atoms with van der Waals surface area (Å²) >= 11 is 3.13. The average Bonchev–Trinajstić information content (AvgIpc) is 2.32. The summed E-state index contributed by atoms with van der Waals surface area (Å²) in [5, 5.41) is 4.32. The second-order valence-corrected chi connectivity index (χ2v) is 11.5. The number of aromatic nitrogens is 3. The molecular weight excluding hydrogens is 344 g/mol. The van der Waals surface area contributed by atoms with Crippen molar-refractivity contribution < 1.29 is 9.53 Å². The fraction of sp³-hybridized carbons (Fsp3) is 0.750. The number of thioether (sulfide) groups is 2. The van der Waals surface area contributed by atoms with Gasteiger partial charge in [0.2, 0.25) is 5.95 Å². The number of esters is 1. The van der Waals surface area contributed by atoms with Crippen LogP contribution in [0, 0.1) is 0 Å². The lowest BCUT2D eigenvalue weighted by atomic mass is 10.1. The standard InChI is InChI=1S/C16H28N4O2S2/c1-14(2,3)23-12-17-11(20-16(7,8)10(21)22-9)18-13(19-12)24-15(4,5)6/h1-9H3,(H,17,18,19,20). The third kappa shape index (κ3) is 7.25. The van der Waals surface area contributed by atoms with Gasteiger partial charge in [-0.05, 0) is 13.8 Å². The molecule has 0 amide bonds. The Morgan fingerprint density at radius 1 is 0.875 bits per heavy atom. The van der Waals surface area contributed by atoms with Crippen molar-refractivity contribution in [3.63, 3.8) is 0 Å². The van der Waals surface area contributed by atoms with Crippen LogP contribution in [0.4, 0.5) is 5.95 Å². The summed E-state index contributed by atoms with van der Waals surface area (Å²) in [5.74, 6) is -0.00291. The molecule has 24 heavy (non-hydrogen) atoms. The van der Waals surface area contributed by atoms with Crippen LogP contribution in [-0.4, -0.2) is 43.1 Å². The quantitative estimate of drug-likeness (QED) is 0.613. The Hall–Kier alpha value is -1.02. The molecule has 1 heterocycles. The van der Waals surface area contributed by atoms with Gasteiger partial charge in [0.1, 0.15) is 5.54 Å². The zero-order chi connectivity index (χ0) is 18.8. The maximum absolute atomic E-state index is 11.9. The van der Waals surface area contributed by atoms with Gasteiger partial charge in [-0.1, -0.05) is 65.1 Å². The highest BCUT2D eigenvalue weighted by Gasteiger charge is 2.30. The fourth-order valence-corrected chi connectivity index (χ4v) is 3.30. The van der Waals surface area contributed by atoms with Crippen molar-refractivity contribution in [2.24, 2.45) is 0 Å². The van der Waals surface area contributed by atoms with Gasteiger partial charge < -0.3 is 10.1 Å². The number of methoxy groups -OCH3 is 1. The first kappa shape index (κ1) is 21.0. The smallest absolute Gasteiger partial charge is 0.330 e. The molecule has 0 aliphatic rings. The molecule has 0 radical (unpaired) electrons. The molecule has 0 aromatic carbocycles. The number of ether oxygens (including phenoxy) is 1. The highest BCUT2D eigenvalue weighted by atomic mass is 32.2. The number of carbonyl (C=O) groups is 1. The molecule has 0 aliphatic heterocycles. The van der Waals surface area contributed by atoms with Gasteiger partial charge in [0.05, 0.1) is 7.11 Å². The summed E-state index contributed by atoms with van der Waals surface area (Å²) in [6, 6.07) is 0. The van der Waals surface area contributed by atoms with Gasteiger partial charge in [-0.2, -0.15) is 15.0 Å². The SMILES string of the molecule is COC(=O)C(C)(C)Nc1nc(SC(C)(C)C)nc(SC(C)(C)C)n1. The van der Waals surface area contributed by atoms with Gasteiger partial charge in [-0.3, -0.25) is 0 Å². The molecule has 1 aromatic heterocycles. The molecule has 136 valence electrons. The van der Waals surface area contributed by atoms with Crippen LogP contribution in [0.3, 0.4) is 0 Å². The fourth-order valence-electron chi connectivity index (χ4n) is 1.62. The Morgan fingerprint density at radius 2 is 1.29 bits per heavy atom. The third-order valence-corrected chi connectivity index (χ3v) is 4.46. The number of nitrogens with zero attached hydrogens (tertiary/aromatic N) is 3. The molecule has 0 spiro atoms. The Kier molecular flexibility index (Phi) is 6.55. The predicted octanol–water partition coefficient (Wildman–Crippen LogP) is 4.02. The van der Waals surface area contributed by atoms with Crippen molar-refractivity contribution in [3.8, 4) is 0 Å². The number of hydrogen-bond acceptors (Lipinski definition) is 8. The van der Waals surface area contributed by atoms with Crippen LogP contribution in [0.15, 0.2) is 10.3 Å². The lowest BCUT2D eigenvalue weighted by Gasteiger charge is -2.24. The van der Waals surface area contributed by atoms with E-state index < -0.39 is 5.54 Å². The first-order valence-electron chi connectivity index (χ1n) is 7.72. The minimum Gasteiger partial charge on any atom is -0.467 e. The molecule has 0 aliphatic carbocycles. The molecule has 0 fully saturated rings. The summed E-state index contributed by atoms with van der Waals surface area (Å²) in [5.41, 5.74) is -0.927. The van der Waals surface area contributed by atoms with E-state index in [2.05, 4.69) is 61.8 Å². The van der Waals surface area contributed by atoms with Gasteiger partial charge in [-0.25, -0.2) is 4.79 Å². The van der Waals surface area contributed by atoms with Crippen LogP contribution in [0.1, 0.15) is 55.4 Å². The third-order valence-electron chi connectivity index (χ3n) is 2.51. The van der Waals surface area contributed by atoms with Gasteiger partial charge in [0.15, 0.2) is 10.3 Å². The van der Waals surface area contributed by atoms with Gasteiger partial charge in [0.25, 0.3) is 0 Å². The Morgan fingerprint density at radius 3 is 1.62 bits per heavy atom. The Balaban J connectivity index is 3.20. The van der Waals surface area contributed by atoms with Crippen LogP contribution >= 0.6 is 23.5 Å². The zero-order valence-corrected chi connectivity index (χ0v) is 17.6. The van der Waals surface area contributed by atoms with E-state index in [1.54, 1.807) is 37.4 Å². The van der Waals surface area contributed by atoms with Gasteiger partial charge in [-0.15, -0.1) is 0 Å². The van der Waals surface area contributed by atoms with Crippen molar-refractivity contribution in [2.75, 3.05) is 12.4 Å². The summed E-state index contributed by atoms with van der Waals surface area (Å²) in [4.78, 5) is 25.4. The number of nitrogens with one attached hydrogen (secondary N) is 1. The van der Waals surface area contributed by atoms with Crippen LogP contribution in [0.2, 0.25) is 0 Å². The molecule has 0 saturated heterocycles. The topological polar surface area (TPSA) is 77.0 Å². The minimum absolute atomic E-state index is 0.0276. The van der Waals surface area contributed by atoms with Crippen LogP contribution < -0.4 is 5.32 Å². The molecule has 0 atom stereocenters. The highest BCUT2D eigenvalue weighted by molar-refractivity contribution is 8.01. The van der Waals surface area contributed by atoms with Crippen LogP contribution in [0.5, 0.6) is 0 Å². The predicted molar refractivity (Wildman–Crippen MR) is 101 cm³/mol. The molecule has 0 bridgehead atoms. The average molecular weight is 373 g/mol. The van der Waals surface area contributed by atoms with Crippen molar-refractivity contribution >= 4 is 35.4 Å². The van der Waals surface area contributed by atoms with Crippen molar-refractivity contribution in [1.82, 2.24) is 15.0 Å². The van der Waals surface area contributed by atoms with Crippen molar-refractivity contribution in [1.29, 1.82) is 0 Å². The van der Waals surface area contributed by atoms with Crippen molar-refractivity contribution in [2.45, 2.75) is 80.7 Å². The largest absolute Gasteiger partial charge is 0.467 e. The highest BCUT2D eigenvalue weighted by Crippen LogP contribution is 2.34. The molecular formula is C16H28N4O2S2. The number of carbonyl (C=O) groups excluding carboxylic acids is 1. The number of anilines is 1. The minimum atomic E-state index is -0.927. The van der Waals surface area contributed by atoms with E-state index in [0.717, 1.165) is 0 Å². The van der Waals surface area contributed by atoms with E-state index in [4.69, 9.17) is 4.74 Å². The summed E-state index contributed by atoms with van der Waals surface area (Å²) in [6.07, 6.45) is 0. The zero-order valence-electron chi connectivity index (χ0n) is 16.0. The molecule has 8 heteroatoms. The normalized spacial score (nSPS) is 12.9. The maximum atomic E-state index is 11.9. The lowest BCUT2D eigenvalue weighted by molar-refractivity contribution is -0.144. The first-order chi connectivity index (χ1) is 10.7. The van der Waals surface area contributed by atoms with E-state index >= 15 is 0 Å². The monoisotopic (exact) mass is 372 g/mol. The lowest BCUT2D eigenvalue weighted by Crippen LogP contribution is -2.41. The molecule has 1 aromatic rings. The summed E-state index contributed by atoms with van der Waals surface area (Å²) in [7, 11) is 1.36. The summed E-state index contributed by atoms with van der Waals surface area (Å²) < 4.78 is 4.77.